The third-order valence-electron chi connectivity index (χ3n) is 9.85. The lowest BCUT2D eigenvalue weighted by atomic mass is 10.0. The van der Waals surface area contributed by atoms with E-state index in [0.717, 1.165) is 51.4 Å². The Labute approximate surface area is 312 Å². The molecule has 0 saturated carbocycles. The van der Waals surface area contributed by atoms with Gasteiger partial charge in [0, 0.05) is 6.42 Å². The molecule has 0 spiro atoms. The molecular formula is C46H85NO3. The molecule has 0 aromatic carbocycles. The minimum Gasteiger partial charge on any atom is -0.394 e. The van der Waals surface area contributed by atoms with E-state index in [1.165, 1.54) is 141 Å². The molecule has 0 aliphatic carbocycles. The van der Waals surface area contributed by atoms with Crippen LogP contribution in [0.15, 0.2) is 48.6 Å². The summed E-state index contributed by atoms with van der Waals surface area (Å²) < 4.78 is 0. The maximum absolute atomic E-state index is 12.4. The van der Waals surface area contributed by atoms with Crippen LogP contribution in [0, 0.1) is 0 Å². The molecule has 0 fully saturated rings. The summed E-state index contributed by atoms with van der Waals surface area (Å²) in [5.74, 6) is -0.0353. The van der Waals surface area contributed by atoms with Crippen molar-refractivity contribution < 1.29 is 15.0 Å². The molecule has 0 rings (SSSR count). The smallest absolute Gasteiger partial charge is 0.220 e. The second-order valence-corrected chi connectivity index (χ2v) is 14.7. The average molecular weight is 700 g/mol. The maximum atomic E-state index is 12.4. The van der Waals surface area contributed by atoms with E-state index < -0.39 is 12.1 Å². The summed E-state index contributed by atoms with van der Waals surface area (Å²) in [4.78, 5) is 12.4. The lowest BCUT2D eigenvalue weighted by Gasteiger charge is -2.22. The summed E-state index contributed by atoms with van der Waals surface area (Å²) in [7, 11) is 0. The third kappa shape index (κ3) is 37.6. The fourth-order valence-electron chi connectivity index (χ4n) is 6.53. The second-order valence-electron chi connectivity index (χ2n) is 14.7. The fraction of sp³-hybridized carbons (Fsp3) is 0.804. The molecule has 4 heteroatoms. The van der Waals surface area contributed by atoms with Crippen molar-refractivity contribution in [1.82, 2.24) is 5.32 Å². The van der Waals surface area contributed by atoms with Crippen LogP contribution in [0.2, 0.25) is 0 Å². The van der Waals surface area contributed by atoms with Gasteiger partial charge in [-0.25, -0.2) is 0 Å². The highest BCUT2D eigenvalue weighted by molar-refractivity contribution is 5.76. The summed E-state index contributed by atoms with van der Waals surface area (Å²) in [5, 5.41) is 23.1. The maximum Gasteiger partial charge on any atom is 0.220 e. The van der Waals surface area contributed by atoms with Crippen molar-refractivity contribution >= 4 is 5.91 Å². The molecule has 3 N–H and O–H groups in total. The van der Waals surface area contributed by atoms with Crippen molar-refractivity contribution in [1.29, 1.82) is 0 Å². The topological polar surface area (TPSA) is 69.6 Å². The van der Waals surface area contributed by atoms with Crippen LogP contribution < -0.4 is 5.32 Å². The Kier molecular flexibility index (Phi) is 40.4. The lowest BCUT2D eigenvalue weighted by Crippen LogP contribution is -2.45. The number of hydrogen-bond donors (Lipinski definition) is 3. The van der Waals surface area contributed by atoms with Crippen LogP contribution in [0.4, 0.5) is 0 Å². The molecule has 0 aliphatic rings. The van der Waals surface area contributed by atoms with Crippen LogP contribution in [-0.4, -0.2) is 34.9 Å². The summed E-state index contributed by atoms with van der Waals surface area (Å²) in [6.07, 6.45) is 56.1. The standard InChI is InChI=1S/C46H85NO3/c1-3-5-7-9-11-13-15-17-18-19-20-21-22-23-24-25-26-27-28-30-32-34-36-38-40-42-46(50)47-44(43-48)45(49)41-39-37-35-33-31-29-16-14-12-10-8-6-4-2/h5,7,11,13,17-18,20-21,44-45,48-49H,3-4,6,8-10,12,14-16,19,22-43H2,1-2H3,(H,47,50)/b7-5-,13-11-,18-17-,21-20-. The van der Waals surface area contributed by atoms with E-state index in [1.807, 2.05) is 0 Å². The molecule has 2 unspecified atom stereocenters. The Bertz CT molecular complexity index is 801. The zero-order valence-electron chi connectivity index (χ0n) is 33.4. The number of aliphatic hydroxyl groups is 2. The fourth-order valence-corrected chi connectivity index (χ4v) is 6.53. The van der Waals surface area contributed by atoms with E-state index in [9.17, 15) is 15.0 Å². The van der Waals surface area contributed by atoms with Gasteiger partial charge in [-0.1, -0.05) is 210 Å². The number of carbonyl (C=O) groups is 1. The van der Waals surface area contributed by atoms with E-state index in [2.05, 4.69) is 67.8 Å². The largest absolute Gasteiger partial charge is 0.394 e. The van der Waals surface area contributed by atoms with Crippen LogP contribution in [0.5, 0.6) is 0 Å². The zero-order valence-corrected chi connectivity index (χ0v) is 33.4. The van der Waals surface area contributed by atoms with Gasteiger partial charge in [0.25, 0.3) is 0 Å². The third-order valence-corrected chi connectivity index (χ3v) is 9.85. The normalized spacial score (nSPS) is 13.4. The van der Waals surface area contributed by atoms with Gasteiger partial charge in [0.15, 0.2) is 0 Å². The van der Waals surface area contributed by atoms with Gasteiger partial charge < -0.3 is 15.5 Å². The Balaban J connectivity index is 3.51. The molecule has 50 heavy (non-hydrogen) atoms. The first-order valence-electron chi connectivity index (χ1n) is 21.8. The first-order chi connectivity index (χ1) is 24.7. The highest BCUT2D eigenvalue weighted by Crippen LogP contribution is 2.16. The number of allylic oxidation sites excluding steroid dienone is 8. The molecule has 4 nitrogen and oxygen atoms in total. The quantitative estimate of drug-likeness (QED) is 0.0442. The monoisotopic (exact) mass is 700 g/mol. The highest BCUT2D eigenvalue weighted by atomic mass is 16.3. The highest BCUT2D eigenvalue weighted by Gasteiger charge is 2.20. The molecule has 1 amide bonds. The molecule has 0 aliphatic heterocycles. The number of amides is 1. The van der Waals surface area contributed by atoms with E-state index >= 15 is 0 Å². The Hall–Kier alpha value is -1.65. The van der Waals surface area contributed by atoms with Crippen LogP contribution in [0.1, 0.15) is 219 Å². The zero-order chi connectivity index (χ0) is 36.4. The molecule has 0 radical (unpaired) electrons. The predicted molar refractivity (Wildman–Crippen MR) is 221 cm³/mol. The number of aliphatic hydroxyl groups excluding tert-OH is 2. The molecule has 2 atom stereocenters. The number of rotatable bonds is 39. The van der Waals surface area contributed by atoms with Crippen molar-refractivity contribution in [2.45, 2.75) is 231 Å². The van der Waals surface area contributed by atoms with Crippen molar-refractivity contribution in [2.24, 2.45) is 0 Å². The Morgan fingerprint density at radius 2 is 0.880 bits per heavy atom. The summed E-state index contributed by atoms with van der Waals surface area (Å²) in [6, 6.07) is -0.537. The van der Waals surface area contributed by atoms with Crippen molar-refractivity contribution in [3.8, 4) is 0 Å². The average Bonchev–Trinajstić information content (AvgIpc) is 3.12. The molecule has 292 valence electrons. The minimum absolute atomic E-state index is 0.0353. The number of nitrogens with one attached hydrogen (secondary N) is 1. The van der Waals surface area contributed by atoms with Crippen LogP contribution in [-0.2, 0) is 4.79 Å². The summed E-state index contributed by atoms with van der Waals surface area (Å²) in [5.41, 5.74) is 0. The molecule has 0 saturated heterocycles. The van der Waals surface area contributed by atoms with E-state index in [4.69, 9.17) is 0 Å². The summed E-state index contributed by atoms with van der Waals surface area (Å²) >= 11 is 0. The van der Waals surface area contributed by atoms with E-state index in [0.29, 0.717) is 12.8 Å². The Morgan fingerprint density at radius 3 is 1.32 bits per heavy atom. The van der Waals surface area contributed by atoms with Gasteiger partial charge in [-0.15, -0.1) is 0 Å². The van der Waals surface area contributed by atoms with Gasteiger partial charge in [0.1, 0.15) is 0 Å². The SMILES string of the molecule is CC/C=C\C/C=C\C/C=C\C/C=C\CCCCCCCCCCCCCCC(=O)NC(CO)C(O)CCCCCCCCCCCCCCC. The number of hydrogen-bond acceptors (Lipinski definition) is 3. The van der Waals surface area contributed by atoms with Gasteiger partial charge in [0.2, 0.25) is 5.91 Å². The number of carbonyl (C=O) groups excluding carboxylic acids is 1. The van der Waals surface area contributed by atoms with Crippen LogP contribution in [0.3, 0.4) is 0 Å². The van der Waals surface area contributed by atoms with E-state index in [1.54, 1.807) is 0 Å². The molecule has 0 bridgehead atoms. The van der Waals surface area contributed by atoms with Gasteiger partial charge in [-0.3, -0.25) is 4.79 Å². The van der Waals surface area contributed by atoms with Crippen LogP contribution in [0.25, 0.3) is 0 Å². The van der Waals surface area contributed by atoms with Crippen molar-refractivity contribution in [2.75, 3.05) is 6.61 Å². The molecule has 0 aromatic heterocycles. The first-order valence-corrected chi connectivity index (χ1v) is 21.8. The van der Waals surface area contributed by atoms with Gasteiger partial charge >= 0.3 is 0 Å². The van der Waals surface area contributed by atoms with Gasteiger partial charge in [-0.2, -0.15) is 0 Å². The minimum atomic E-state index is -0.659. The molecule has 0 aromatic rings. The Morgan fingerprint density at radius 1 is 0.500 bits per heavy atom. The van der Waals surface area contributed by atoms with Gasteiger partial charge in [0.05, 0.1) is 18.8 Å². The van der Waals surface area contributed by atoms with Crippen molar-refractivity contribution in [3.05, 3.63) is 48.6 Å². The second kappa shape index (κ2) is 41.8. The first kappa shape index (κ1) is 48.3. The van der Waals surface area contributed by atoms with Crippen molar-refractivity contribution in [3.63, 3.8) is 0 Å². The molecule has 0 heterocycles. The molecular weight excluding hydrogens is 615 g/mol. The lowest BCUT2D eigenvalue weighted by molar-refractivity contribution is -0.123. The van der Waals surface area contributed by atoms with Crippen LogP contribution >= 0.6 is 0 Å². The van der Waals surface area contributed by atoms with E-state index in [-0.39, 0.29) is 12.5 Å². The summed E-state index contributed by atoms with van der Waals surface area (Å²) in [6.45, 7) is 4.24. The van der Waals surface area contributed by atoms with Gasteiger partial charge in [-0.05, 0) is 51.4 Å². The number of unbranched alkanes of at least 4 members (excludes halogenated alkanes) is 24. The predicted octanol–water partition coefficient (Wildman–Crippen LogP) is 13.6.